The van der Waals surface area contributed by atoms with Crippen LogP contribution in [0.1, 0.15) is 20.8 Å². The van der Waals surface area contributed by atoms with Gasteiger partial charge in [-0.1, -0.05) is 0 Å². The van der Waals surface area contributed by atoms with E-state index in [-0.39, 0.29) is 43.4 Å². The van der Waals surface area contributed by atoms with Gasteiger partial charge in [-0.2, -0.15) is 15.4 Å². The average Bonchev–Trinajstić information content (AvgIpc) is 3.07. The van der Waals surface area contributed by atoms with Crippen molar-refractivity contribution in [2.45, 2.75) is 31.3 Å². The number of rotatable bonds is 4. The molecule has 1 aromatic carbocycles. The van der Waals surface area contributed by atoms with Crippen molar-refractivity contribution < 1.29 is 22.6 Å². The Kier molecular flexibility index (Phi) is 5.34. The number of nitrogens with one attached hydrogen (secondary N) is 1. The van der Waals surface area contributed by atoms with Gasteiger partial charge in [0.2, 0.25) is 0 Å². The first-order valence-electron chi connectivity index (χ1n) is 9.06. The lowest BCUT2D eigenvalue weighted by Crippen LogP contribution is -2.59. The van der Waals surface area contributed by atoms with Gasteiger partial charge in [0.1, 0.15) is 22.4 Å². The first kappa shape index (κ1) is 20.5. The summed E-state index contributed by atoms with van der Waals surface area (Å²) in [5, 5.41) is 23.1. The Bertz CT molecular complexity index is 958. The minimum atomic E-state index is -3.62. The van der Waals surface area contributed by atoms with Crippen molar-refractivity contribution in [1.29, 1.82) is 0 Å². The molecule has 0 radical (unpaired) electrons. The fourth-order valence-corrected chi connectivity index (χ4v) is 4.36. The van der Waals surface area contributed by atoms with Crippen LogP contribution in [0.4, 0.5) is 4.79 Å². The molecule has 1 amide bonds. The number of carbonyl (C=O) groups is 1. The number of ether oxygens (including phenoxy) is 1. The largest absolute Gasteiger partial charge is 0.633 e. The number of sulfone groups is 1. The minimum absolute atomic E-state index is 0.0681. The van der Waals surface area contributed by atoms with E-state index in [2.05, 4.69) is 15.4 Å². The van der Waals surface area contributed by atoms with Crippen LogP contribution in [0.3, 0.4) is 0 Å². The summed E-state index contributed by atoms with van der Waals surface area (Å²) in [6.45, 7) is 6.03. The van der Waals surface area contributed by atoms with E-state index in [1.807, 2.05) is 0 Å². The molecular formula is C17H25N5O5S. The zero-order valence-electron chi connectivity index (χ0n) is 16.2. The number of quaternary nitrogens is 1. The Balaban J connectivity index is 1.59. The number of hydrogen-bond donors (Lipinski definition) is 1. The summed E-state index contributed by atoms with van der Waals surface area (Å²) in [6, 6.07) is 4.49. The third kappa shape index (κ3) is 4.78. The second-order valence-electron chi connectivity index (χ2n) is 7.99. The van der Waals surface area contributed by atoms with Crippen molar-refractivity contribution in [3.8, 4) is 0 Å². The lowest BCUT2D eigenvalue weighted by Gasteiger charge is -2.48. The molecular weight excluding hydrogens is 386 g/mol. The van der Waals surface area contributed by atoms with Gasteiger partial charge in [0.15, 0.2) is 9.84 Å². The molecule has 0 saturated carbocycles. The van der Waals surface area contributed by atoms with Crippen molar-refractivity contribution in [3.63, 3.8) is 0 Å². The number of aromatic nitrogens is 3. The fraction of sp³-hybridized carbons (Fsp3) is 0.588. The number of hydroxylamine groups is 3. The van der Waals surface area contributed by atoms with Gasteiger partial charge in [0, 0.05) is 0 Å². The summed E-state index contributed by atoms with van der Waals surface area (Å²) in [7, 11) is -3.62. The van der Waals surface area contributed by atoms with Crippen LogP contribution in [0.25, 0.3) is 11.0 Å². The molecule has 154 valence electrons. The third-order valence-electron chi connectivity index (χ3n) is 4.62. The Morgan fingerprint density at radius 3 is 2.54 bits per heavy atom. The van der Waals surface area contributed by atoms with Gasteiger partial charge in [-0.25, -0.2) is 13.2 Å². The predicted molar refractivity (Wildman–Crippen MR) is 102 cm³/mol. The number of benzene rings is 1. The standard InChI is InChI=1S/C17H25N5O5S/c1-17(2,3)27-16(23)21-6-8-22(24,9-7-21)10-11-28(25,26)13-4-5-14-15(12-13)19-20-18-14/h4-5,12H,6-11H2,1-3H3,(H,18,19,20). The first-order valence-corrected chi connectivity index (χ1v) is 10.7. The highest BCUT2D eigenvalue weighted by atomic mass is 32.2. The number of nitrogens with zero attached hydrogens (tertiary/aromatic N) is 4. The summed E-state index contributed by atoms with van der Waals surface area (Å²) in [5.74, 6) is -0.272. The van der Waals surface area contributed by atoms with E-state index in [9.17, 15) is 18.4 Å². The molecule has 1 N–H and O–H groups in total. The van der Waals surface area contributed by atoms with Crippen LogP contribution < -0.4 is 0 Å². The number of H-pyrrole nitrogens is 1. The molecule has 0 spiro atoms. The second-order valence-corrected chi connectivity index (χ2v) is 10.1. The number of fused-ring (bicyclic) bond motifs is 1. The summed E-state index contributed by atoms with van der Waals surface area (Å²) in [6.07, 6.45) is -0.452. The van der Waals surface area contributed by atoms with Gasteiger partial charge < -0.3 is 14.6 Å². The van der Waals surface area contributed by atoms with E-state index in [1.54, 1.807) is 26.8 Å². The Hall–Kier alpha value is -2.24. The van der Waals surface area contributed by atoms with Crippen LogP contribution in [0.5, 0.6) is 0 Å². The van der Waals surface area contributed by atoms with Gasteiger partial charge in [0.05, 0.1) is 37.6 Å². The maximum atomic E-state index is 12.9. The molecule has 1 saturated heterocycles. The smallest absolute Gasteiger partial charge is 0.410 e. The first-order chi connectivity index (χ1) is 13.0. The van der Waals surface area contributed by atoms with Crippen molar-refractivity contribution in [2.75, 3.05) is 38.5 Å². The summed E-state index contributed by atoms with van der Waals surface area (Å²) < 4.78 is 29.9. The summed E-state index contributed by atoms with van der Waals surface area (Å²) in [4.78, 5) is 13.7. The van der Waals surface area contributed by atoms with Crippen LogP contribution in [0.2, 0.25) is 0 Å². The molecule has 10 nitrogen and oxygen atoms in total. The van der Waals surface area contributed by atoms with Crippen molar-refractivity contribution in [3.05, 3.63) is 23.4 Å². The molecule has 2 heterocycles. The number of piperazine rings is 1. The summed E-state index contributed by atoms with van der Waals surface area (Å²) in [5.41, 5.74) is 0.430. The second kappa shape index (κ2) is 7.30. The molecule has 1 fully saturated rings. The van der Waals surface area contributed by atoms with Crippen molar-refractivity contribution >= 4 is 27.0 Å². The van der Waals surface area contributed by atoms with Gasteiger partial charge in [-0.15, -0.1) is 0 Å². The molecule has 0 unspecified atom stereocenters. The highest BCUT2D eigenvalue weighted by molar-refractivity contribution is 7.91. The quantitative estimate of drug-likeness (QED) is 0.593. The van der Waals surface area contributed by atoms with E-state index < -0.39 is 26.2 Å². The van der Waals surface area contributed by atoms with Crippen LogP contribution in [0, 0.1) is 5.21 Å². The third-order valence-corrected chi connectivity index (χ3v) is 6.31. The van der Waals surface area contributed by atoms with Crippen LogP contribution in [0.15, 0.2) is 23.1 Å². The number of hydrogen-bond acceptors (Lipinski definition) is 7. The lowest BCUT2D eigenvalue weighted by molar-refractivity contribution is -0.882. The molecule has 0 bridgehead atoms. The fourth-order valence-electron chi connectivity index (χ4n) is 2.98. The predicted octanol–water partition coefficient (Wildman–Crippen LogP) is 1.30. The van der Waals surface area contributed by atoms with E-state index >= 15 is 0 Å². The normalized spacial score (nSPS) is 17.6. The van der Waals surface area contributed by atoms with Gasteiger partial charge in [-0.3, -0.25) is 4.90 Å². The molecule has 11 heteroatoms. The van der Waals surface area contributed by atoms with Gasteiger partial charge in [0.25, 0.3) is 0 Å². The topological polar surface area (TPSA) is 128 Å². The number of aromatic amines is 1. The Morgan fingerprint density at radius 2 is 1.89 bits per heavy atom. The molecule has 0 aliphatic carbocycles. The highest BCUT2D eigenvalue weighted by Crippen LogP contribution is 2.19. The molecule has 3 rings (SSSR count). The molecule has 2 aromatic rings. The molecule has 1 aromatic heterocycles. The number of amides is 1. The van der Waals surface area contributed by atoms with Gasteiger partial charge in [-0.05, 0) is 39.0 Å². The average molecular weight is 411 g/mol. The molecule has 0 atom stereocenters. The molecule has 28 heavy (non-hydrogen) atoms. The number of carbonyl (C=O) groups excluding carboxylic acids is 1. The van der Waals surface area contributed by atoms with Crippen molar-refractivity contribution in [2.24, 2.45) is 0 Å². The molecule has 1 aliphatic heterocycles. The zero-order chi connectivity index (χ0) is 20.6. The van der Waals surface area contributed by atoms with E-state index in [0.717, 1.165) is 0 Å². The van der Waals surface area contributed by atoms with Crippen LogP contribution >= 0.6 is 0 Å². The van der Waals surface area contributed by atoms with E-state index in [4.69, 9.17) is 4.74 Å². The maximum Gasteiger partial charge on any atom is 0.410 e. The lowest BCUT2D eigenvalue weighted by atomic mass is 10.2. The Labute approximate surface area is 163 Å². The summed E-state index contributed by atoms with van der Waals surface area (Å²) >= 11 is 0. The molecule has 1 aliphatic rings. The maximum absolute atomic E-state index is 12.9. The van der Waals surface area contributed by atoms with Crippen molar-refractivity contribution in [1.82, 2.24) is 20.3 Å². The van der Waals surface area contributed by atoms with E-state index in [1.165, 1.54) is 17.0 Å². The zero-order valence-corrected chi connectivity index (χ0v) is 17.0. The Morgan fingerprint density at radius 1 is 1.25 bits per heavy atom. The SMILES string of the molecule is CC(C)(C)OC(=O)N1CC[N+]([O-])(CCS(=O)(=O)c2ccc3n[nH]nc3c2)CC1. The van der Waals surface area contributed by atoms with Crippen LogP contribution in [-0.2, 0) is 14.6 Å². The highest BCUT2D eigenvalue weighted by Gasteiger charge is 2.32. The van der Waals surface area contributed by atoms with E-state index in [0.29, 0.717) is 11.0 Å². The van der Waals surface area contributed by atoms with Gasteiger partial charge >= 0.3 is 6.09 Å². The monoisotopic (exact) mass is 411 g/mol. The minimum Gasteiger partial charge on any atom is -0.633 e. The van der Waals surface area contributed by atoms with Crippen LogP contribution in [-0.4, -0.2) is 83.5 Å².